The van der Waals surface area contributed by atoms with Crippen LogP contribution in [0, 0.1) is 0 Å². The van der Waals surface area contributed by atoms with Gasteiger partial charge in [0.25, 0.3) is 0 Å². The number of benzene rings is 6. The topological polar surface area (TPSA) is 239 Å². The van der Waals surface area contributed by atoms with Gasteiger partial charge in [-0.05, 0) is 214 Å². The van der Waals surface area contributed by atoms with Gasteiger partial charge in [0.05, 0.1) is 19.0 Å². The van der Waals surface area contributed by atoms with Gasteiger partial charge in [0.15, 0.2) is 50.9 Å². The van der Waals surface area contributed by atoms with Crippen LogP contribution in [-0.2, 0) is 24.4 Å². The van der Waals surface area contributed by atoms with Crippen LogP contribution in [0.2, 0.25) is 0 Å². The Balaban J connectivity index is 0.000000157. The number of unbranched alkanes of at least 4 members (excludes halogenated alkanes) is 4. The zero-order valence-electron chi connectivity index (χ0n) is 73.8. The van der Waals surface area contributed by atoms with Crippen LogP contribution in [0.5, 0.6) is 0 Å². The number of hydrogen-bond donors (Lipinski definition) is 7. The SMILES string of the molecule is CCCCN(C(C)=O)C1CCC(Nc2nc(NCc3ccc(-c4ccccc4)cc3)c3ncn(C(C)C)c3n2)CC1.CCCCN(CCCC)C1CCC(Nc2nc(NCc3ccc(-c4ccccc4)cc3)c3ncn(C(C)C)c3n2)CC1.CCCCNC1CCC(Nc2nc(NCc3ccc(-c4ccccc4)cc3)c3ncn(C(C)C)c3n2)CC1. The summed E-state index contributed by atoms with van der Waals surface area (Å²) in [5.41, 5.74) is 15.9. The predicted molar refractivity (Wildman–Crippen MR) is 500 cm³/mol. The minimum atomic E-state index is 0.191. The van der Waals surface area contributed by atoms with E-state index in [1.807, 2.05) is 31.1 Å². The summed E-state index contributed by atoms with van der Waals surface area (Å²) in [5, 5.41) is 25.4. The Morgan fingerprint density at radius 3 is 0.975 bits per heavy atom. The predicted octanol–water partition coefficient (Wildman–Crippen LogP) is 22.2. The first-order valence-corrected chi connectivity index (χ1v) is 45.5. The van der Waals surface area contributed by atoms with Crippen molar-refractivity contribution >= 4 is 74.7 Å². The third-order valence-electron chi connectivity index (χ3n) is 24.3. The molecule has 3 aliphatic carbocycles. The van der Waals surface area contributed by atoms with Gasteiger partial charge in [-0.3, -0.25) is 4.79 Å². The highest BCUT2D eigenvalue weighted by molar-refractivity contribution is 5.86. The Morgan fingerprint density at radius 1 is 0.364 bits per heavy atom. The number of nitrogens with zero attached hydrogens (tertiary/aromatic N) is 14. The molecular weight excluding hydrogens is 1500 g/mol. The van der Waals surface area contributed by atoms with Gasteiger partial charge < -0.3 is 60.7 Å². The average molecular weight is 1630 g/mol. The molecule has 0 aliphatic heterocycles. The average Bonchev–Trinajstić information content (AvgIpc) is 1.66. The van der Waals surface area contributed by atoms with E-state index >= 15 is 0 Å². The molecule has 6 aromatic carbocycles. The summed E-state index contributed by atoms with van der Waals surface area (Å²) in [6.07, 6.45) is 28.8. The van der Waals surface area contributed by atoms with Crippen LogP contribution >= 0.6 is 0 Å². The van der Waals surface area contributed by atoms with E-state index in [9.17, 15) is 4.79 Å². The van der Waals surface area contributed by atoms with Crippen LogP contribution in [0.4, 0.5) is 35.3 Å². The highest BCUT2D eigenvalue weighted by atomic mass is 16.2. The highest BCUT2D eigenvalue weighted by Gasteiger charge is 2.31. The molecule has 640 valence electrons. The van der Waals surface area contributed by atoms with E-state index in [1.54, 1.807) is 6.92 Å². The Hall–Kier alpha value is -10.8. The number of anilines is 6. The van der Waals surface area contributed by atoms with Crippen molar-refractivity contribution in [3.8, 4) is 33.4 Å². The summed E-state index contributed by atoms with van der Waals surface area (Å²) >= 11 is 0. The van der Waals surface area contributed by atoms with Crippen LogP contribution in [-0.4, -0.2) is 137 Å². The highest BCUT2D eigenvalue weighted by Crippen LogP contribution is 2.34. The largest absolute Gasteiger partial charge is 0.364 e. The zero-order chi connectivity index (χ0) is 84.4. The number of hydrogen-bond acceptors (Lipinski definition) is 18. The molecule has 0 radical (unpaired) electrons. The third-order valence-corrected chi connectivity index (χ3v) is 24.3. The second-order valence-corrected chi connectivity index (χ2v) is 34.3. The second kappa shape index (κ2) is 44.1. The third kappa shape index (κ3) is 24.1. The fraction of sp³-hybridized carbons (Fsp3) is 0.475. The molecule has 3 fully saturated rings. The number of amides is 1. The lowest BCUT2D eigenvalue weighted by Gasteiger charge is -2.37. The van der Waals surface area contributed by atoms with Crippen molar-refractivity contribution in [3.05, 3.63) is 199 Å². The van der Waals surface area contributed by atoms with Gasteiger partial charge in [-0.15, -0.1) is 0 Å². The van der Waals surface area contributed by atoms with Gasteiger partial charge in [0.1, 0.15) is 0 Å². The van der Waals surface area contributed by atoms with Crippen LogP contribution in [0.1, 0.15) is 239 Å². The molecule has 1 amide bonds. The van der Waals surface area contributed by atoms with Crippen molar-refractivity contribution in [2.75, 3.05) is 58.1 Å². The minimum Gasteiger partial charge on any atom is -0.364 e. The molecular formula is C99H133N21O. The van der Waals surface area contributed by atoms with Gasteiger partial charge in [-0.25, -0.2) is 15.0 Å². The molecule has 6 heterocycles. The summed E-state index contributed by atoms with van der Waals surface area (Å²) < 4.78 is 6.35. The minimum absolute atomic E-state index is 0.191. The zero-order valence-corrected chi connectivity index (χ0v) is 73.8. The molecule has 0 spiro atoms. The van der Waals surface area contributed by atoms with Crippen molar-refractivity contribution in [3.63, 3.8) is 0 Å². The Morgan fingerprint density at radius 2 is 0.661 bits per heavy atom. The number of imidazole rings is 3. The maximum atomic E-state index is 12.3. The molecule has 0 unspecified atom stereocenters. The van der Waals surface area contributed by atoms with Gasteiger partial charge in [0, 0.05) is 87.5 Å². The lowest BCUT2D eigenvalue weighted by molar-refractivity contribution is -0.131. The fourth-order valence-corrected chi connectivity index (χ4v) is 17.1. The molecule has 3 saturated carbocycles. The molecule has 0 atom stereocenters. The molecule has 0 saturated heterocycles. The molecule has 6 aromatic heterocycles. The van der Waals surface area contributed by atoms with Crippen LogP contribution in [0.3, 0.4) is 0 Å². The number of rotatable bonds is 36. The van der Waals surface area contributed by atoms with E-state index < -0.39 is 0 Å². The Labute approximate surface area is 718 Å². The van der Waals surface area contributed by atoms with Crippen LogP contribution in [0.15, 0.2) is 183 Å². The number of carbonyl (C=O) groups excluding carboxylic acids is 1. The van der Waals surface area contributed by atoms with Crippen molar-refractivity contribution in [2.45, 2.75) is 279 Å². The molecule has 7 N–H and O–H groups in total. The smallest absolute Gasteiger partial charge is 0.227 e. The number of fused-ring (bicyclic) bond motifs is 3. The monoisotopic (exact) mass is 1630 g/mol. The van der Waals surface area contributed by atoms with Crippen molar-refractivity contribution in [1.29, 1.82) is 0 Å². The fourth-order valence-electron chi connectivity index (χ4n) is 17.1. The number of nitrogens with one attached hydrogen (secondary N) is 7. The van der Waals surface area contributed by atoms with E-state index in [0.29, 0.717) is 67.7 Å². The number of aromatic nitrogens is 12. The van der Waals surface area contributed by atoms with Crippen LogP contribution < -0.4 is 37.2 Å². The first kappa shape index (κ1) is 88.0. The van der Waals surface area contributed by atoms with Crippen molar-refractivity contribution < 1.29 is 4.79 Å². The van der Waals surface area contributed by atoms with E-state index in [-0.39, 0.29) is 30.1 Å². The van der Waals surface area contributed by atoms with Gasteiger partial charge in [0.2, 0.25) is 23.8 Å². The molecule has 3 aliphatic rings. The van der Waals surface area contributed by atoms with Crippen molar-refractivity contribution in [2.24, 2.45) is 0 Å². The molecule has 15 rings (SSSR count). The van der Waals surface area contributed by atoms with E-state index in [4.69, 9.17) is 34.9 Å². The first-order valence-electron chi connectivity index (χ1n) is 45.5. The molecule has 12 aromatic rings. The van der Waals surface area contributed by atoms with Crippen molar-refractivity contribution in [1.82, 2.24) is 73.7 Å². The lowest BCUT2D eigenvalue weighted by Crippen LogP contribution is -2.43. The molecule has 121 heavy (non-hydrogen) atoms. The Bertz CT molecular complexity index is 5090. The van der Waals surface area contributed by atoms with Gasteiger partial charge in [-0.1, -0.05) is 217 Å². The first-order chi connectivity index (χ1) is 59.1. The molecule has 0 bridgehead atoms. The maximum absolute atomic E-state index is 12.3. The summed E-state index contributed by atoms with van der Waals surface area (Å²) in [6.45, 7) is 30.1. The summed E-state index contributed by atoms with van der Waals surface area (Å²) in [4.78, 5) is 60.7. The van der Waals surface area contributed by atoms with Crippen LogP contribution in [0.25, 0.3) is 66.9 Å². The van der Waals surface area contributed by atoms with Gasteiger partial charge in [-0.2, -0.15) is 29.9 Å². The Kier molecular flexibility index (Phi) is 32.1. The van der Waals surface area contributed by atoms with E-state index in [2.05, 4.69) is 292 Å². The summed E-state index contributed by atoms with van der Waals surface area (Å²) in [5.74, 6) is 4.50. The quantitative estimate of drug-likeness (QED) is 0.0181. The van der Waals surface area contributed by atoms with E-state index in [1.165, 1.54) is 127 Å². The van der Waals surface area contributed by atoms with Gasteiger partial charge >= 0.3 is 0 Å². The second-order valence-electron chi connectivity index (χ2n) is 34.3. The summed E-state index contributed by atoms with van der Waals surface area (Å²) in [6, 6.07) is 61.0. The number of carbonyl (C=O) groups is 1. The lowest BCUT2D eigenvalue weighted by atomic mass is 9.90. The maximum Gasteiger partial charge on any atom is 0.227 e. The molecule has 22 heteroatoms. The summed E-state index contributed by atoms with van der Waals surface area (Å²) in [7, 11) is 0. The molecule has 22 nitrogen and oxygen atoms in total. The normalized spacial score (nSPS) is 17.3. The standard InChI is InChI=1S/C35H49N7.C33H43N7O.C31H41N7/c1-5-7-22-41(23-8-6-2)31-20-18-30(19-21-31)38-35-39-33(32-34(40-35)42(25-37-32)26(3)4)36-24-27-14-16-29(17-15-27)28-12-10-9-11-13-28;1-5-6-20-39(24(4)41)29-18-16-28(17-19-29)36-33-37-31(30-32(38-33)40(22-35-30)23(2)3)34-21-25-12-14-27(15-13-25)26-10-8-7-9-11-26;1-4-5-19-32-26-15-17-27(18-16-26)35-31-36-29(28-30(37-31)38(21-34-28)22(2)3)33-20-23-11-13-25(14-12-23)24-9-7-6-8-10-24/h9-17,25-26,30-31H,5-8,18-24H2,1-4H3,(H2,36,38,39,40);7-15,22-23,28-29H,5-6,16-21H2,1-4H3,(H2,34,36,37,38);6-14,21-22,26-27,32H,4-5,15-20H2,1-3H3,(H2,33,35,36,37). The van der Waals surface area contributed by atoms with E-state index in [0.717, 1.165) is 128 Å².